The largest absolute Gasteiger partial charge is 0.464 e. The van der Waals surface area contributed by atoms with Gasteiger partial charge in [-0.3, -0.25) is 38.9 Å². The molecule has 2 N–H and O–H groups in total. The summed E-state index contributed by atoms with van der Waals surface area (Å²) in [6.45, 7) is 18.2. The average molecular weight is 983 g/mol. The monoisotopic (exact) mass is 983 g/mol. The Kier molecular flexibility index (Phi) is 15.1. The van der Waals surface area contributed by atoms with Crippen molar-refractivity contribution < 1.29 is 33.4 Å². The zero-order valence-electron chi connectivity index (χ0n) is 44.2. The molecule has 15 nitrogen and oxygen atoms in total. The molecule has 6 bridgehead atoms. The quantitative estimate of drug-likeness (QED) is 0.139. The van der Waals surface area contributed by atoms with E-state index in [-0.39, 0.29) is 49.3 Å². The molecule has 1 spiro atoms. The average Bonchev–Trinajstić information content (AvgIpc) is 4.03. The maximum absolute atomic E-state index is 14.9. The van der Waals surface area contributed by atoms with Crippen LogP contribution in [0.4, 0.5) is 0 Å². The van der Waals surface area contributed by atoms with Crippen LogP contribution in [0.3, 0.4) is 0 Å². The number of nitrogens with zero attached hydrogens (tertiary/aromatic N) is 6. The molecule has 72 heavy (non-hydrogen) atoms. The number of methoxy groups -OCH3 is 1. The highest BCUT2D eigenvalue weighted by molar-refractivity contribution is 5.98. The number of cyclic esters (lactones) is 1. The van der Waals surface area contributed by atoms with E-state index >= 15 is 0 Å². The van der Waals surface area contributed by atoms with E-state index in [4.69, 9.17) is 14.5 Å². The molecule has 5 unspecified atom stereocenters. The maximum atomic E-state index is 14.9. The van der Waals surface area contributed by atoms with E-state index in [0.29, 0.717) is 58.3 Å². The van der Waals surface area contributed by atoms with Gasteiger partial charge in [0.05, 0.1) is 35.1 Å². The third kappa shape index (κ3) is 10.4. The number of aromatic nitrogens is 2. The highest BCUT2D eigenvalue weighted by Crippen LogP contribution is 2.44. The number of hydrogen-bond acceptors (Lipinski definition) is 10. The molecule has 0 radical (unpaired) electrons. The molecule has 4 amide bonds. The van der Waals surface area contributed by atoms with E-state index in [1.54, 1.807) is 23.1 Å². The van der Waals surface area contributed by atoms with Crippen molar-refractivity contribution in [2.24, 2.45) is 16.7 Å². The number of hydrazine groups is 1. The molecular weight excluding hydrogens is 909 g/mol. The normalized spacial score (nSPS) is 22.5. The van der Waals surface area contributed by atoms with E-state index in [1.807, 2.05) is 71.8 Å². The minimum atomic E-state index is -1.05. The molecule has 3 saturated heterocycles. The fourth-order valence-electron chi connectivity index (χ4n) is 11.0. The van der Waals surface area contributed by atoms with Crippen molar-refractivity contribution in [3.05, 3.63) is 77.6 Å². The van der Waals surface area contributed by atoms with Crippen LogP contribution in [0, 0.1) is 28.6 Å². The van der Waals surface area contributed by atoms with Gasteiger partial charge in [0.25, 0.3) is 11.8 Å². The fraction of sp³-hybridized carbons (Fsp3) is 0.544. The summed E-state index contributed by atoms with van der Waals surface area (Å²) < 4.78 is 14.3. The van der Waals surface area contributed by atoms with Crippen LogP contribution in [-0.4, -0.2) is 137 Å². The molecule has 15 heteroatoms. The Bertz CT molecular complexity index is 2800. The second-order valence-corrected chi connectivity index (χ2v) is 22.2. The van der Waals surface area contributed by atoms with Gasteiger partial charge in [0.2, 0.25) is 11.8 Å². The number of amides is 4. The summed E-state index contributed by atoms with van der Waals surface area (Å²) in [6.07, 6.45) is 4.28. The standard InChI is InChI=1S/C57H74N8O7/c1-12-63-46-21-20-40-32-42(46)43(50(63)41-18-14-26-58-48(41)37(4)71-11)33-55(5,6)35-72-53(69)44-19-15-27-65(60-44)52(68)45(31-38-16-13-17-39(40)30-38)59-51(67)49(36(2)3)64-29-25-57(54(64)70)24-28-62(34-57)47(66)22-23-56(7,8)61(9)10/h13-14,16-18,20-21,26,30,32,36-37,44-45,49,60H,12,15,19,24-25,27-29,31,33-35H2,1-11H3,(H,59,67). The van der Waals surface area contributed by atoms with Gasteiger partial charge < -0.3 is 29.2 Å². The third-order valence-electron chi connectivity index (χ3n) is 15.6. The van der Waals surface area contributed by atoms with Crippen molar-refractivity contribution in [2.75, 3.05) is 54.0 Å². The van der Waals surface area contributed by atoms with Gasteiger partial charge in [-0.05, 0) is 132 Å². The summed E-state index contributed by atoms with van der Waals surface area (Å²) in [5.41, 5.74) is 9.19. The van der Waals surface area contributed by atoms with Gasteiger partial charge >= 0.3 is 5.97 Å². The number of benzene rings is 2. The van der Waals surface area contributed by atoms with Crippen LogP contribution >= 0.6 is 0 Å². The smallest absolute Gasteiger partial charge is 0.324 e. The number of pyridine rings is 1. The van der Waals surface area contributed by atoms with Crippen LogP contribution in [0.1, 0.15) is 104 Å². The zero-order valence-corrected chi connectivity index (χ0v) is 44.2. The Morgan fingerprint density at radius 3 is 2.49 bits per heavy atom. The van der Waals surface area contributed by atoms with Crippen molar-refractivity contribution in [2.45, 2.75) is 130 Å². The van der Waals surface area contributed by atoms with Crippen molar-refractivity contribution in [3.8, 4) is 34.2 Å². The lowest BCUT2D eigenvalue weighted by atomic mass is 9.84. The maximum Gasteiger partial charge on any atom is 0.324 e. The molecule has 8 rings (SSSR count). The predicted molar refractivity (Wildman–Crippen MR) is 278 cm³/mol. The van der Waals surface area contributed by atoms with Gasteiger partial charge in [-0.2, -0.15) is 0 Å². The van der Waals surface area contributed by atoms with Crippen molar-refractivity contribution in [1.29, 1.82) is 0 Å². The van der Waals surface area contributed by atoms with E-state index in [1.165, 1.54) is 5.01 Å². The van der Waals surface area contributed by atoms with E-state index in [9.17, 15) is 24.0 Å². The van der Waals surface area contributed by atoms with E-state index < -0.39 is 46.4 Å². The number of carbonyl (C=O) groups excluding carboxylic acids is 5. The summed E-state index contributed by atoms with van der Waals surface area (Å²) in [5, 5.41) is 5.66. The number of rotatable bonds is 9. The Morgan fingerprint density at radius 1 is 1.01 bits per heavy atom. The lowest BCUT2D eigenvalue weighted by Crippen LogP contribution is -2.62. The SMILES string of the molecule is CCn1c(-c2cccnc2C(C)OC)c2c3cc(ccc31)-c1cccc(c1)CC(NC(=O)C(C(C)C)N1CCC3(CCN(C(=O)C#CC(C)(C)N(C)C)C3)C1=O)C(=O)N1CCCC(N1)C(=O)OCC(C)(C)C2. The molecular formula is C57H74N8O7. The Morgan fingerprint density at radius 2 is 1.76 bits per heavy atom. The summed E-state index contributed by atoms with van der Waals surface area (Å²) in [4.78, 5) is 81.7. The minimum absolute atomic E-state index is 0.135. The van der Waals surface area contributed by atoms with Gasteiger partial charge in [0.1, 0.15) is 18.1 Å². The molecule has 3 fully saturated rings. The van der Waals surface area contributed by atoms with E-state index in [0.717, 1.165) is 50.1 Å². The van der Waals surface area contributed by atoms with Crippen molar-refractivity contribution >= 4 is 40.5 Å². The van der Waals surface area contributed by atoms with Crippen LogP contribution in [0.25, 0.3) is 33.3 Å². The first kappa shape index (κ1) is 52.2. The van der Waals surface area contributed by atoms with Gasteiger partial charge in [-0.1, -0.05) is 63.9 Å². The first-order valence-corrected chi connectivity index (χ1v) is 25.7. The number of carbonyl (C=O) groups is 5. The van der Waals surface area contributed by atoms with Crippen LogP contribution in [0.5, 0.6) is 0 Å². The molecule has 2 aromatic heterocycles. The zero-order chi connectivity index (χ0) is 51.9. The van der Waals surface area contributed by atoms with Gasteiger partial charge in [0, 0.05) is 74.3 Å². The van der Waals surface area contributed by atoms with Crippen LogP contribution in [0.15, 0.2) is 60.8 Å². The first-order valence-electron chi connectivity index (χ1n) is 25.7. The lowest BCUT2D eigenvalue weighted by molar-refractivity contribution is -0.155. The topological polar surface area (TPSA) is 159 Å². The van der Waals surface area contributed by atoms with Crippen LogP contribution in [0.2, 0.25) is 0 Å². The highest BCUT2D eigenvalue weighted by Gasteiger charge is 2.54. The summed E-state index contributed by atoms with van der Waals surface area (Å²) in [5.74, 6) is 3.84. The third-order valence-corrected chi connectivity index (χ3v) is 15.6. The Balaban J connectivity index is 1.13. The molecule has 4 aliphatic heterocycles. The number of fused-ring (bicyclic) bond motifs is 6. The molecule has 4 aliphatic rings. The number of esters is 1. The molecule has 5 atom stereocenters. The Labute approximate surface area is 425 Å². The highest BCUT2D eigenvalue weighted by atomic mass is 16.5. The van der Waals surface area contributed by atoms with Crippen molar-refractivity contribution in [1.82, 2.24) is 40.0 Å². The second kappa shape index (κ2) is 20.8. The molecule has 2 aromatic carbocycles. The van der Waals surface area contributed by atoms with Crippen LogP contribution < -0.4 is 10.7 Å². The van der Waals surface area contributed by atoms with Crippen LogP contribution in [-0.2, 0) is 52.8 Å². The lowest BCUT2D eigenvalue weighted by Gasteiger charge is -2.37. The van der Waals surface area contributed by atoms with Gasteiger partial charge in [-0.15, -0.1) is 0 Å². The van der Waals surface area contributed by atoms with E-state index in [2.05, 4.69) is 84.3 Å². The summed E-state index contributed by atoms with van der Waals surface area (Å²) in [6, 6.07) is 16.0. The van der Waals surface area contributed by atoms with Gasteiger partial charge in [-0.25, -0.2) is 5.43 Å². The summed E-state index contributed by atoms with van der Waals surface area (Å²) in [7, 11) is 5.52. The van der Waals surface area contributed by atoms with Crippen molar-refractivity contribution in [3.63, 3.8) is 0 Å². The fourth-order valence-corrected chi connectivity index (χ4v) is 11.0. The predicted octanol–water partition coefficient (Wildman–Crippen LogP) is 6.57. The molecule has 384 valence electrons. The first-order chi connectivity index (χ1) is 34.2. The number of hydrogen-bond donors (Lipinski definition) is 2. The molecule has 0 aliphatic carbocycles. The number of nitrogens with one attached hydrogen (secondary N) is 2. The van der Waals surface area contributed by atoms with Gasteiger partial charge in [0.15, 0.2) is 0 Å². The minimum Gasteiger partial charge on any atom is -0.464 e. The number of likely N-dealkylation sites (tertiary alicyclic amines) is 2. The molecule has 0 saturated carbocycles. The second-order valence-electron chi connectivity index (χ2n) is 22.2. The molecule has 6 heterocycles. The Hall–Kier alpha value is -6.08. The summed E-state index contributed by atoms with van der Waals surface area (Å²) >= 11 is 0. The number of ether oxygens (including phenoxy) is 2. The molecule has 4 aromatic rings. The number of aryl methyl sites for hydroxylation is 1.